The normalized spacial score (nSPS) is 10.8. The minimum absolute atomic E-state index is 0.421. The van der Waals surface area contributed by atoms with Gasteiger partial charge in [0.1, 0.15) is 0 Å². The summed E-state index contributed by atoms with van der Waals surface area (Å²) >= 11 is 5.93. The van der Waals surface area contributed by atoms with Gasteiger partial charge >= 0.3 is 0 Å². The monoisotopic (exact) mass is 290 g/mol. The van der Waals surface area contributed by atoms with Crippen LogP contribution in [-0.4, -0.2) is 35.0 Å². The molecule has 0 radical (unpaired) electrons. The Morgan fingerprint density at radius 3 is 2.65 bits per heavy atom. The van der Waals surface area contributed by atoms with E-state index in [0.717, 1.165) is 26.1 Å². The van der Waals surface area contributed by atoms with E-state index >= 15 is 0 Å². The zero-order valence-corrected chi connectivity index (χ0v) is 12.3. The lowest BCUT2D eigenvalue weighted by Crippen LogP contribution is -2.21. The van der Waals surface area contributed by atoms with Crippen molar-refractivity contribution >= 4 is 17.4 Å². The lowest BCUT2D eigenvalue weighted by Gasteiger charge is -2.16. The largest absolute Gasteiger partial charge is 0.367 e. The van der Waals surface area contributed by atoms with Crippen molar-refractivity contribution in [2.24, 2.45) is 0 Å². The number of nitrogens with zero attached hydrogens (tertiary/aromatic N) is 3. The predicted octanol–water partition coefficient (Wildman–Crippen LogP) is 3.06. The third-order valence-corrected chi connectivity index (χ3v) is 3.23. The van der Waals surface area contributed by atoms with Crippen molar-refractivity contribution < 1.29 is 0 Å². The lowest BCUT2D eigenvalue weighted by atomic mass is 10.2. The highest BCUT2D eigenvalue weighted by Gasteiger charge is 2.02. The number of rotatable bonds is 7. The molecule has 1 N–H and O–H groups in total. The first-order chi connectivity index (χ1) is 9.75. The van der Waals surface area contributed by atoms with E-state index in [1.807, 2.05) is 6.07 Å². The molecule has 2 rings (SSSR count). The van der Waals surface area contributed by atoms with Gasteiger partial charge in [-0.2, -0.15) is 0 Å². The molecule has 0 fully saturated rings. The summed E-state index contributed by atoms with van der Waals surface area (Å²) < 4.78 is 0. The van der Waals surface area contributed by atoms with E-state index in [9.17, 15) is 0 Å². The van der Waals surface area contributed by atoms with Crippen LogP contribution < -0.4 is 5.32 Å². The molecule has 0 unspecified atom stereocenters. The molecule has 0 aliphatic rings. The van der Waals surface area contributed by atoms with Gasteiger partial charge in [-0.15, -0.1) is 0 Å². The van der Waals surface area contributed by atoms with Crippen LogP contribution in [0.1, 0.15) is 12.0 Å². The molecule has 2 aromatic rings. The van der Waals surface area contributed by atoms with Crippen LogP contribution in [-0.2, 0) is 6.54 Å². The van der Waals surface area contributed by atoms with Gasteiger partial charge in [-0.25, -0.2) is 9.97 Å². The Morgan fingerprint density at radius 2 is 1.90 bits per heavy atom. The number of aromatic nitrogens is 2. The highest BCUT2D eigenvalue weighted by Crippen LogP contribution is 2.13. The van der Waals surface area contributed by atoms with Gasteiger partial charge in [-0.1, -0.05) is 41.9 Å². The van der Waals surface area contributed by atoms with Gasteiger partial charge in [0, 0.05) is 25.5 Å². The fourth-order valence-corrected chi connectivity index (χ4v) is 2.14. The van der Waals surface area contributed by atoms with Crippen LogP contribution in [0.15, 0.2) is 42.7 Å². The van der Waals surface area contributed by atoms with Crippen molar-refractivity contribution in [2.45, 2.75) is 13.0 Å². The Kier molecular flexibility index (Phi) is 5.77. The summed E-state index contributed by atoms with van der Waals surface area (Å²) in [6.45, 7) is 2.81. The van der Waals surface area contributed by atoms with E-state index in [0.29, 0.717) is 11.0 Å². The summed E-state index contributed by atoms with van der Waals surface area (Å²) in [5.41, 5.74) is 1.33. The maximum Gasteiger partial charge on any atom is 0.171 e. The first-order valence-electron chi connectivity index (χ1n) is 6.68. The van der Waals surface area contributed by atoms with Crippen molar-refractivity contribution in [3.05, 3.63) is 53.4 Å². The topological polar surface area (TPSA) is 41.0 Å². The predicted molar refractivity (Wildman–Crippen MR) is 82.9 cm³/mol. The molecular weight excluding hydrogens is 272 g/mol. The van der Waals surface area contributed by atoms with Crippen LogP contribution in [0, 0.1) is 0 Å². The highest BCUT2D eigenvalue weighted by molar-refractivity contribution is 6.31. The van der Waals surface area contributed by atoms with E-state index in [2.05, 4.69) is 51.5 Å². The minimum Gasteiger partial charge on any atom is -0.367 e. The Labute approximate surface area is 124 Å². The SMILES string of the molecule is CN(CCCNc1nccnc1Cl)Cc1ccccc1. The van der Waals surface area contributed by atoms with Crippen molar-refractivity contribution in [1.29, 1.82) is 0 Å². The summed E-state index contributed by atoms with van der Waals surface area (Å²) in [6.07, 6.45) is 4.24. The van der Waals surface area contributed by atoms with E-state index < -0.39 is 0 Å². The van der Waals surface area contributed by atoms with E-state index in [1.54, 1.807) is 12.4 Å². The zero-order valence-electron chi connectivity index (χ0n) is 11.6. The molecule has 0 atom stereocenters. The number of hydrogen-bond donors (Lipinski definition) is 1. The molecule has 0 amide bonds. The quantitative estimate of drug-likeness (QED) is 0.796. The van der Waals surface area contributed by atoms with Crippen LogP contribution in [0.2, 0.25) is 5.15 Å². The number of anilines is 1. The van der Waals surface area contributed by atoms with Crippen molar-refractivity contribution in [1.82, 2.24) is 14.9 Å². The van der Waals surface area contributed by atoms with Crippen molar-refractivity contribution in [2.75, 3.05) is 25.5 Å². The Bertz CT molecular complexity index is 518. The van der Waals surface area contributed by atoms with E-state index in [-0.39, 0.29) is 0 Å². The fourth-order valence-electron chi connectivity index (χ4n) is 1.97. The summed E-state index contributed by atoms with van der Waals surface area (Å²) in [6, 6.07) is 10.5. The van der Waals surface area contributed by atoms with Crippen molar-refractivity contribution in [3.8, 4) is 0 Å². The van der Waals surface area contributed by atoms with Crippen molar-refractivity contribution in [3.63, 3.8) is 0 Å². The van der Waals surface area contributed by atoms with Gasteiger partial charge in [0.2, 0.25) is 0 Å². The minimum atomic E-state index is 0.421. The molecule has 0 spiro atoms. The van der Waals surface area contributed by atoms with Crippen LogP contribution in [0.25, 0.3) is 0 Å². The molecule has 1 aromatic carbocycles. The molecule has 0 saturated heterocycles. The van der Waals surface area contributed by atoms with Crippen LogP contribution in [0.4, 0.5) is 5.82 Å². The molecule has 0 bridgehead atoms. The van der Waals surface area contributed by atoms with E-state index in [4.69, 9.17) is 11.6 Å². The molecule has 5 heteroatoms. The first kappa shape index (κ1) is 14.8. The van der Waals surface area contributed by atoms with Crippen LogP contribution in [0.5, 0.6) is 0 Å². The number of nitrogens with one attached hydrogen (secondary N) is 1. The standard InChI is InChI=1S/C15H19ClN4/c1-20(12-13-6-3-2-4-7-13)11-5-8-18-15-14(16)17-9-10-19-15/h2-4,6-7,9-10H,5,8,11-12H2,1H3,(H,18,19). The van der Waals surface area contributed by atoms with Gasteiger partial charge in [0.15, 0.2) is 11.0 Å². The number of hydrogen-bond acceptors (Lipinski definition) is 4. The average Bonchev–Trinajstić information content (AvgIpc) is 2.46. The zero-order chi connectivity index (χ0) is 14.2. The maximum atomic E-state index is 5.93. The Morgan fingerprint density at radius 1 is 1.15 bits per heavy atom. The molecule has 106 valence electrons. The van der Waals surface area contributed by atoms with Crippen LogP contribution in [0.3, 0.4) is 0 Å². The first-order valence-corrected chi connectivity index (χ1v) is 7.06. The van der Waals surface area contributed by atoms with E-state index in [1.165, 1.54) is 5.56 Å². The molecule has 0 aliphatic carbocycles. The Balaban J connectivity index is 1.67. The molecule has 1 aromatic heterocycles. The van der Waals surface area contributed by atoms with Crippen LogP contribution >= 0.6 is 11.6 Å². The second-order valence-corrected chi connectivity index (χ2v) is 5.06. The third-order valence-electron chi connectivity index (χ3n) is 2.96. The van der Waals surface area contributed by atoms with Gasteiger partial charge in [-0.05, 0) is 25.6 Å². The lowest BCUT2D eigenvalue weighted by molar-refractivity contribution is 0.325. The molecule has 1 heterocycles. The summed E-state index contributed by atoms with van der Waals surface area (Å²) in [4.78, 5) is 10.4. The molecular formula is C15H19ClN4. The summed E-state index contributed by atoms with van der Waals surface area (Å²) in [5.74, 6) is 0.653. The smallest absolute Gasteiger partial charge is 0.171 e. The number of benzene rings is 1. The van der Waals surface area contributed by atoms with Gasteiger partial charge in [0.25, 0.3) is 0 Å². The molecule has 20 heavy (non-hydrogen) atoms. The second kappa shape index (κ2) is 7.82. The molecule has 0 saturated carbocycles. The summed E-state index contributed by atoms with van der Waals surface area (Å²) in [7, 11) is 2.13. The maximum absolute atomic E-state index is 5.93. The highest BCUT2D eigenvalue weighted by atomic mass is 35.5. The Hall–Kier alpha value is -1.65. The summed E-state index contributed by atoms with van der Waals surface area (Å²) in [5, 5.41) is 3.62. The fraction of sp³-hybridized carbons (Fsp3) is 0.333. The van der Waals surface area contributed by atoms with Gasteiger partial charge in [0.05, 0.1) is 0 Å². The molecule has 4 nitrogen and oxygen atoms in total. The van der Waals surface area contributed by atoms with Gasteiger partial charge < -0.3 is 10.2 Å². The number of halogens is 1. The second-order valence-electron chi connectivity index (χ2n) is 4.70. The average molecular weight is 291 g/mol. The van der Waals surface area contributed by atoms with Gasteiger partial charge in [-0.3, -0.25) is 0 Å². The third kappa shape index (κ3) is 4.79. The molecule has 0 aliphatic heterocycles.